The Labute approximate surface area is 116 Å². The van der Waals surface area contributed by atoms with Crippen LogP contribution in [0.15, 0.2) is 47.3 Å². The second-order valence-electron chi connectivity index (χ2n) is 4.62. The zero-order valence-corrected chi connectivity index (χ0v) is 11.3. The summed E-state index contributed by atoms with van der Waals surface area (Å²) in [5.74, 6) is 1.39. The number of hydrogen-bond donors (Lipinski definition) is 1. The van der Waals surface area contributed by atoms with E-state index in [2.05, 4.69) is 9.97 Å². The number of hydrogen-bond acceptors (Lipinski definition) is 3. The summed E-state index contributed by atoms with van der Waals surface area (Å²) in [5.41, 5.74) is 2.44. The van der Waals surface area contributed by atoms with Crippen molar-refractivity contribution in [2.75, 3.05) is 7.11 Å². The third-order valence-corrected chi connectivity index (χ3v) is 3.28. The maximum absolute atomic E-state index is 12.1. The van der Waals surface area contributed by atoms with Crippen molar-refractivity contribution in [1.29, 1.82) is 0 Å². The van der Waals surface area contributed by atoms with Crippen LogP contribution in [-0.4, -0.2) is 17.1 Å². The van der Waals surface area contributed by atoms with Crippen LogP contribution in [0.1, 0.15) is 5.56 Å². The fourth-order valence-corrected chi connectivity index (χ4v) is 2.25. The minimum atomic E-state index is -0.126. The summed E-state index contributed by atoms with van der Waals surface area (Å²) in [6.45, 7) is 1.96. The molecule has 1 N–H and O–H groups in total. The van der Waals surface area contributed by atoms with Gasteiger partial charge in [0.25, 0.3) is 5.56 Å². The smallest absolute Gasteiger partial charge is 0.259 e. The highest BCUT2D eigenvalue weighted by Gasteiger charge is 2.07. The van der Waals surface area contributed by atoms with E-state index in [1.165, 1.54) is 0 Å². The number of aryl methyl sites for hydroxylation is 1. The number of fused-ring (bicyclic) bond motifs is 1. The molecule has 0 atom stereocenters. The number of ether oxygens (including phenoxy) is 1. The first-order valence-electron chi connectivity index (χ1n) is 6.33. The molecule has 4 nitrogen and oxygen atoms in total. The Morgan fingerprint density at radius 2 is 1.95 bits per heavy atom. The van der Waals surface area contributed by atoms with Crippen molar-refractivity contribution in [2.24, 2.45) is 0 Å². The first-order chi connectivity index (χ1) is 9.69. The molecule has 100 valence electrons. The Morgan fingerprint density at radius 1 is 1.15 bits per heavy atom. The van der Waals surface area contributed by atoms with Gasteiger partial charge in [-0.2, -0.15) is 0 Å². The lowest BCUT2D eigenvalue weighted by Gasteiger charge is -2.07. The zero-order valence-electron chi connectivity index (χ0n) is 11.3. The van der Waals surface area contributed by atoms with Gasteiger partial charge >= 0.3 is 0 Å². The van der Waals surface area contributed by atoms with Crippen LogP contribution in [0, 0.1) is 6.92 Å². The minimum absolute atomic E-state index is 0.126. The van der Waals surface area contributed by atoms with Gasteiger partial charge in [0, 0.05) is 5.56 Å². The standard InChI is InChI=1S/C16H14N2O2/c1-10-9-11(7-8-14(10)20-2)15-17-13-6-4-3-5-12(13)16(19)18-15/h3-9H,1-2H3,(H,17,18,19). The van der Waals surface area contributed by atoms with Gasteiger partial charge in [-0.25, -0.2) is 4.98 Å². The second-order valence-corrected chi connectivity index (χ2v) is 4.62. The van der Waals surface area contributed by atoms with Gasteiger partial charge in [-0.05, 0) is 42.8 Å². The Morgan fingerprint density at radius 3 is 2.70 bits per heavy atom. The molecule has 0 amide bonds. The molecule has 0 unspecified atom stereocenters. The first-order valence-corrected chi connectivity index (χ1v) is 6.33. The Balaban J connectivity index is 2.19. The molecular weight excluding hydrogens is 252 g/mol. The minimum Gasteiger partial charge on any atom is -0.496 e. The number of rotatable bonds is 2. The van der Waals surface area contributed by atoms with Crippen LogP contribution in [0.25, 0.3) is 22.3 Å². The Kier molecular flexibility index (Phi) is 2.99. The van der Waals surface area contributed by atoms with Crippen molar-refractivity contribution in [3.05, 3.63) is 58.4 Å². The van der Waals surface area contributed by atoms with Crippen LogP contribution in [-0.2, 0) is 0 Å². The van der Waals surface area contributed by atoms with E-state index >= 15 is 0 Å². The van der Waals surface area contributed by atoms with Gasteiger partial charge in [0.2, 0.25) is 0 Å². The summed E-state index contributed by atoms with van der Waals surface area (Å²) in [7, 11) is 1.64. The van der Waals surface area contributed by atoms with Gasteiger partial charge in [-0.15, -0.1) is 0 Å². The van der Waals surface area contributed by atoms with Gasteiger partial charge in [0.1, 0.15) is 11.6 Å². The molecule has 0 aliphatic heterocycles. The topological polar surface area (TPSA) is 55.0 Å². The number of aromatic nitrogens is 2. The molecule has 2 aromatic carbocycles. The van der Waals surface area contributed by atoms with E-state index in [1.807, 2.05) is 43.3 Å². The average molecular weight is 266 g/mol. The third kappa shape index (κ3) is 2.05. The molecule has 4 heteroatoms. The van der Waals surface area contributed by atoms with Crippen molar-refractivity contribution in [2.45, 2.75) is 6.92 Å². The largest absolute Gasteiger partial charge is 0.496 e. The highest BCUT2D eigenvalue weighted by atomic mass is 16.5. The van der Waals surface area contributed by atoms with E-state index in [1.54, 1.807) is 13.2 Å². The molecule has 20 heavy (non-hydrogen) atoms. The fourth-order valence-electron chi connectivity index (χ4n) is 2.25. The molecule has 0 saturated heterocycles. The van der Waals surface area contributed by atoms with Crippen molar-refractivity contribution < 1.29 is 4.74 Å². The second kappa shape index (κ2) is 4.81. The van der Waals surface area contributed by atoms with E-state index in [0.29, 0.717) is 16.7 Å². The van der Waals surface area contributed by atoms with Crippen molar-refractivity contribution in [1.82, 2.24) is 9.97 Å². The molecule has 3 aromatic rings. The number of nitrogens with zero attached hydrogens (tertiary/aromatic N) is 1. The lowest BCUT2D eigenvalue weighted by molar-refractivity contribution is 0.412. The van der Waals surface area contributed by atoms with Crippen LogP contribution in [0.5, 0.6) is 5.75 Å². The summed E-state index contributed by atoms with van der Waals surface area (Å²) in [4.78, 5) is 19.4. The molecular formula is C16H14N2O2. The van der Waals surface area contributed by atoms with Gasteiger partial charge in [-0.3, -0.25) is 4.79 Å². The number of aromatic amines is 1. The predicted molar refractivity (Wildman–Crippen MR) is 79.1 cm³/mol. The van der Waals surface area contributed by atoms with E-state index in [9.17, 15) is 4.79 Å². The van der Waals surface area contributed by atoms with Gasteiger partial charge in [0.05, 0.1) is 18.0 Å². The molecule has 0 aliphatic rings. The van der Waals surface area contributed by atoms with Gasteiger partial charge in [-0.1, -0.05) is 12.1 Å². The summed E-state index contributed by atoms with van der Waals surface area (Å²) in [6, 6.07) is 13.0. The SMILES string of the molecule is COc1ccc(-c2nc3ccccc3c(=O)[nH]2)cc1C. The van der Waals surface area contributed by atoms with Crippen molar-refractivity contribution >= 4 is 10.9 Å². The third-order valence-electron chi connectivity index (χ3n) is 3.28. The van der Waals surface area contributed by atoms with Gasteiger partial charge in [0.15, 0.2) is 0 Å². The van der Waals surface area contributed by atoms with Crippen LogP contribution < -0.4 is 10.3 Å². The van der Waals surface area contributed by atoms with Crippen molar-refractivity contribution in [3.63, 3.8) is 0 Å². The number of para-hydroxylation sites is 1. The summed E-state index contributed by atoms with van der Waals surface area (Å²) < 4.78 is 5.24. The maximum atomic E-state index is 12.1. The Hall–Kier alpha value is -2.62. The summed E-state index contributed by atoms with van der Waals surface area (Å²) >= 11 is 0. The molecule has 0 bridgehead atoms. The number of H-pyrrole nitrogens is 1. The zero-order chi connectivity index (χ0) is 14.1. The monoisotopic (exact) mass is 266 g/mol. The number of benzene rings is 2. The quantitative estimate of drug-likeness (QED) is 0.776. The highest BCUT2D eigenvalue weighted by molar-refractivity contribution is 5.79. The fraction of sp³-hybridized carbons (Fsp3) is 0.125. The van der Waals surface area contributed by atoms with Crippen molar-refractivity contribution in [3.8, 4) is 17.1 Å². The van der Waals surface area contributed by atoms with E-state index in [4.69, 9.17) is 4.74 Å². The van der Waals surface area contributed by atoms with Crippen LogP contribution in [0.3, 0.4) is 0 Å². The average Bonchev–Trinajstić information content (AvgIpc) is 2.47. The van der Waals surface area contributed by atoms with E-state index < -0.39 is 0 Å². The molecule has 0 spiro atoms. The van der Waals surface area contributed by atoms with E-state index in [0.717, 1.165) is 16.9 Å². The van der Waals surface area contributed by atoms with Crippen LogP contribution >= 0.6 is 0 Å². The first kappa shape index (κ1) is 12.4. The lowest BCUT2D eigenvalue weighted by Crippen LogP contribution is -2.09. The number of nitrogens with one attached hydrogen (secondary N) is 1. The molecule has 0 saturated carbocycles. The molecule has 0 radical (unpaired) electrons. The van der Waals surface area contributed by atoms with Gasteiger partial charge < -0.3 is 9.72 Å². The summed E-state index contributed by atoms with van der Waals surface area (Å²) in [6.07, 6.45) is 0. The molecule has 3 rings (SSSR count). The Bertz CT molecular complexity index is 837. The maximum Gasteiger partial charge on any atom is 0.259 e. The lowest BCUT2D eigenvalue weighted by atomic mass is 10.1. The molecule has 0 aliphatic carbocycles. The normalized spacial score (nSPS) is 10.7. The predicted octanol–water partition coefficient (Wildman–Crippen LogP) is 2.91. The van der Waals surface area contributed by atoms with Crippen LogP contribution in [0.4, 0.5) is 0 Å². The molecule has 1 heterocycles. The molecule has 0 fully saturated rings. The number of methoxy groups -OCH3 is 1. The summed E-state index contributed by atoms with van der Waals surface area (Å²) in [5, 5.41) is 0.599. The molecule has 1 aromatic heterocycles. The van der Waals surface area contributed by atoms with Crippen LogP contribution in [0.2, 0.25) is 0 Å². The highest BCUT2D eigenvalue weighted by Crippen LogP contribution is 2.24. The van der Waals surface area contributed by atoms with E-state index in [-0.39, 0.29) is 5.56 Å².